The highest BCUT2D eigenvalue weighted by atomic mass is 16.3. The molecular formula is C28H36O4. The van der Waals surface area contributed by atoms with Crippen molar-refractivity contribution in [3.05, 3.63) is 46.3 Å². The molecule has 2 N–H and O–H groups in total. The van der Waals surface area contributed by atoms with Crippen molar-refractivity contribution < 1.29 is 19.8 Å². The maximum atomic E-state index is 12.7. The van der Waals surface area contributed by atoms with Crippen LogP contribution in [0.4, 0.5) is 0 Å². The highest BCUT2D eigenvalue weighted by Crippen LogP contribution is 2.74. The Balaban J connectivity index is 1.66. The van der Waals surface area contributed by atoms with Crippen molar-refractivity contribution in [1.29, 1.82) is 0 Å². The van der Waals surface area contributed by atoms with Gasteiger partial charge in [-0.15, -0.1) is 0 Å². The standard InChI is InChI=1S/C28H36O4/c1-15-13-21-26(4,24(32)22(15)30)10-12-27(5)20-8-7-17-16(2)23(31)19(29)14-18(17)25(20,3)9-11-28(21,27)6/h7-8,14-15,21,24,31-32H,9-13H2,1-6H3/t15-,21+,24-,25-,26-,27-,28-/m1/s1. The van der Waals surface area contributed by atoms with Crippen molar-refractivity contribution in [2.45, 2.75) is 79.8 Å². The Hall–Kier alpha value is -1.94. The minimum Gasteiger partial charge on any atom is -0.504 e. The van der Waals surface area contributed by atoms with Crippen molar-refractivity contribution >= 4 is 11.6 Å². The Bertz CT molecular complexity index is 1070. The van der Waals surface area contributed by atoms with Crippen LogP contribution in [-0.2, 0) is 9.59 Å². The van der Waals surface area contributed by atoms with Crippen molar-refractivity contribution in [3.63, 3.8) is 0 Å². The highest BCUT2D eigenvalue weighted by molar-refractivity contribution is 6.06. The Morgan fingerprint density at radius 2 is 1.69 bits per heavy atom. The van der Waals surface area contributed by atoms with Gasteiger partial charge in [0.1, 0.15) is 6.10 Å². The minimum absolute atomic E-state index is 0.00833. The molecule has 0 radical (unpaired) electrons. The molecule has 0 aromatic rings. The summed E-state index contributed by atoms with van der Waals surface area (Å²) in [5, 5.41) is 21.3. The van der Waals surface area contributed by atoms with E-state index in [0.29, 0.717) is 5.57 Å². The van der Waals surface area contributed by atoms with Crippen LogP contribution in [0.3, 0.4) is 0 Å². The van der Waals surface area contributed by atoms with E-state index in [9.17, 15) is 19.8 Å². The number of aliphatic hydroxyl groups excluding tert-OH is 2. The molecule has 0 aromatic carbocycles. The molecule has 5 aliphatic rings. The monoisotopic (exact) mass is 436 g/mol. The molecule has 3 fully saturated rings. The van der Waals surface area contributed by atoms with Gasteiger partial charge in [-0.25, -0.2) is 0 Å². The van der Waals surface area contributed by atoms with E-state index in [-0.39, 0.29) is 50.8 Å². The molecule has 0 heterocycles. The van der Waals surface area contributed by atoms with Gasteiger partial charge in [-0.05, 0) is 73.0 Å². The number of ketones is 2. The van der Waals surface area contributed by atoms with Crippen LogP contribution in [0.1, 0.15) is 73.6 Å². The van der Waals surface area contributed by atoms with Gasteiger partial charge in [0, 0.05) is 22.3 Å². The molecule has 5 rings (SSSR count). The van der Waals surface area contributed by atoms with Gasteiger partial charge in [-0.1, -0.05) is 52.3 Å². The Morgan fingerprint density at radius 3 is 2.38 bits per heavy atom. The van der Waals surface area contributed by atoms with Crippen LogP contribution >= 0.6 is 0 Å². The van der Waals surface area contributed by atoms with Crippen LogP contribution < -0.4 is 0 Å². The van der Waals surface area contributed by atoms with E-state index in [1.165, 1.54) is 5.57 Å². The molecule has 7 atom stereocenters. The lowest BCUT2D eigenvalue weighted by Crippen LogP contribution is -2.65. The molecule has 3 saturated carbocycles. The van der Waals surface area contributed by atoms with E-state index >= 15 is 0 Å². The molecule has 172 valence electrons. The first-order valence-electron chi connectivity index (χ1n) is 12.1. The SMILES string of the molecule is CC1=C(O)C(=O)C=C2C1=CC=C1[C@]2(C)CC[C@]2(C)[C@H]3C[C@@H](C)C(=O)[C@@H](O)[C@]3(C)CC[C@]12C. The van der Waals surface area contributed by atoms with E-state index in [1.54, 1.807) is 6.08 Å². The number of fused-ring (bicyclic) bond motifs is 7. The Morgan fingerprint density at radius 1 is 1.00 bits per heavy atom. The fourth-order valence-electron chi connectivity index (χ4n) is 8.44. The summed E-state index contributed by atoms with van der Waals surface area (Å²) in [6.45, 7) is 13.0. The molecule has 5 aliphatic carbocycles. The molecule has 4 heteroatoms. The largest absolute Gasteiger partial charge is 0.504 e. The first-order valence-corrected chi connectivity index (χ1v) is 12.1. The third kappa shape index (κ3) is 2.32. The maximum Gasteiger partial charge on any atom is 0.220 e. The van der Waals surface area contributed by atoms with Crippen molar-refractivity contribution in [2.75, 3.05) is 0 Å². The molecule has 0 aliphatic heterocycles. The van der Waals surface area contributed by atoms with Crippen molar-refractivity contribution in [2.24, 2.45) is 33.5 Å². The van der Waals surface area contributed by atoms with Crippen LogP contribution in [-0.4, -0.2) is 27.9 Å². The van der Waals surface area contributed by atoms with Gasteiger partial charge in [-0.3, -0.25) is 9.59 Å². The number of carbonyl (C=O) groups excluding carboxylic acids is 2. The third-order valence-electron chi connectivity index (χ3n) is 10.9. The fourth-order valence-corrected chi connectivity index (χ4v) is 8.44. The zero-order valence-electron chi connectivity index (χ0n) is 20.2. The first kappa shape index (κ1) is 21.9. The van der Waals surface area contributed by atoms with Gasteiger partial charge in [0.05, 0.1) is 0 Å². The molecule has 0 saturated heterocycles. The fraction of sp³-hybridized carbons (Fsp3) is 0.643. The highest BCUT2D eigenvalue weighted by Gasteiger charge is 2.68. The van der Waals surface area contributed by atoms with Gasteiger partial charge in [0.25, 0.3) is 0 Å². The topological polar surface area (TPSA) is 74.6 Å². The Labute approximate surface area is 191 Å². The van der Waals surface area contributed by atoms with E-state index in [1.807, 2.05) is 13.8 Å². The third-order valence-corrected chi connectivity index (χ3v) is 10.9. The van der Waals surface area contributed by atoms with Gasteiger partial charge < -0.3 is 10.2 Å². The van der Waals surface area contributed by atoms with Gasteiger partial charge in [0.15, 0.2) is 11.5 Å². The minimum atomic E-state index is -0.882. The number of hydrogen-bond acceptors (Lipinski definition) is 4. The normalized spacial score (nSPS) is 48.1. The molecule has 0 aromatic heterocycles. The molecule has 32 heavy (non-hydrogen) atoms. The van der Waals surface area contributed by atoms with Crippen molar-refractivity contribution in [1.82, 2.24) is 0 Å². The van der Waals surface area contributed by atoms with E-state index < -0.39 is 6.10 Å². The number of hydrogen-bond donors (Lipinski definition) is 2. The summed E-state index contributed by atoms with van der Waals surface area (Å²) in [5.74, 6) is -0.282. The summed E-state index contributed by atoms with van der Waals surface area (Å²) in [5.41, 5.74) is 3.29. The lowest BCUT2D eigenvalue weighted by molar-refractivity contribution is -0.192. The Kier molecular flexibility index (Phi) is 4.34. The quantitative estimate of drug-likeness (QED) is 0.534. The summed E-state index contributed by atoms with van der Waals surface area (Å²) >= 11 is 0. The number of Topliss-reactive ketones (excluding diaryl/α,β-unsaturated/α-hetero) is 1. The second kappa shape index (κ2) is 6.34. The van der Waals surface area contributed by atoms with Crippen LogP contribution in [0, 0.1) is 33.5 Å². The maximum absolute atomic E-state index is 12.7. The lowest BCUT2D eigenvalue weighted by Gasteiger charge is -2.69. The summed E-state index contributed by atoms with van der Waals surface area (Å²) < 4.78 is 0. The molecule has 0 bridgehead atoms. The second-order valence-electron chi connectivity index (χ2n) is 12.1. The van der Waals surface area contributed by atoms with Crippen LogP contribution in [0.5, 0.6) is 0 Å². The number of allylic oxidation sites excluding steroid dienone is 7. The number of aliphatic hydroxyl groups is 2. The smallest absolute Gasteiger partial charge is 0.220 e. The first-order chi connectivity index (χ1) is 14.8. The summed E-state index contributed by atoms with van der Waals surface area (Å²) in [4.78, 5) is 25.3. The molecule has 0 spiro atoms. The van der Waals surface area contributed by atoms with Crippen molar-refractivity contribution in [3.8, 4) is 0 Å². The predicted octanol–water partition coefficient (Wildman–Crippen LogP) is 5.39. The molecular weight excluding hydrogens is 400 g/mol. The predicted molar refractivity (Wildman–Crippen MR) is 124 cm³/mol. The lowest BCUT2D eigenvalue weighted by atomic mass is 9.35. The van der Waals surface area contributed by atoms with Crippen LogP contribution in [0.2, 0.25) is 0 Å². The van der Waals surface area contributed by atoms with Gasteiger partial charge in [-0.2, -0.15) is 0 Å². The zero-order valence-corrected chi connectivity index (χ0v) is 20.2. The summed E-state index contributed by atoms with van der Waals surface area (Å²) in [7, 11) is 0. The van der Waals surface area contributed by atoms with Gasteiger partial charge >= 0.3 is 0 Å². The number of rotatable bonds is 0. The molecule has 4 nitrogen and oxygen atoms in total. The van der Waals surface area contributed by atoms with Crippen LogP contribution in [0.25, 0.3) is 0 Å². The van der Waals surface area contributed by atoms with Crippen LogP contribution in [0.15, 0.2) is 46.3 Å². The number of carbonyl (C=O) groups is 2. The van der Waals surface area contributed by atoms with Gasteiger partial charge in [0.2, 0.25) is 5.78 Å². The van der Waals surface area contributed by atoms with E-state index in [2.05, 4.69) is 39.8 Å². The summed E-state index contributed by atoms with van der Waals surface area (Å²) in [6, 6.07) is 0. The van der Waals surface area contributed by atoms with E-state index in [0.717, 1.165) is 43.3 Å². The molecule has 0 amide bonds. The average Bonchev–Trinajstić information content (AvgIpc) is 2.75. The zero-order chi connectivity index (χ0) is 23.4. The van der Waals surface area contributed by atoms with E-state index in [4.69, 9.17) is 0 Å². The second-order valence-corrected chi connectivity index (χ2v) is 12.1. The average molecular weight is 437 g/mol. The molecule has 0 unspecified atom stereocenters. The summed E-state index contributed by atoms with van der Waals surface area (Å²) in [6.07, 6.45) is 9.60.